The topological polar surface area (TPSA) is 175 Å². The Kier molecular flexibility index (Phi) is 62.5. The molecule has 11 nitrogen and oxygen atoms in total. The van der Waals surface area contributed by atoms with Crippen molar-refractivity contribution in [1.82, 2.24) is 5.32 Å². The van der Waals surface area contributed by atoms with E-state index >= 15 is 0 Å². The van der Waals surface area contributed by atoms with E-state index in [2.05, 4.69) is 86.8 Å². The fraction of sp³-hybridized carbons (Fsp3) is 0.823. The molecule has 11 heteroatoms. The molecule has 0 bridgehead atoms. The van der Waals surface area contributed by atoms with Gasteiger partial charge in [0.25, 0.3) is 0 Å². The summed E-state index contributed by atoms with van der Waals surface area (Å²) in [5.41, 5.74) is 0. The smallest absolute Gasteiger partial charge is 0.306 e. The molecule has 8 atom stereocenters. The number of ether oxygens (including phenoxy) is 3. The van der Waals surface area contributed by atoms with Crippen LogP contribution in [0, 0.1) is 0 Å². The van der Waals surface area contributed by atoms with Crippen molar-refractivity contribution in [2.75, 3.05) is 13.2 Å². The Bertz CT molecular complexity index is 1750. The molecule has 524 valence electrons. The number of aliphatic hydroxyl groups is 5. The van der Waals surface area contributed by atoms with Gasteiger partial charge in [0, 0.05) is 6.42 Å². The molecule has 8 unspecified atom stereocenters. The molecule has 0 radical (unpaired) electrons. The molecule has 0 aromatic rings. The van der Waals surface area contributed by atoms with Crippen LogP contribution in [0.1, 0.15) is 355 Å². The molecule has 0 spiro atoms. The summed E-state index contributed by atoms with van der Waals surface area (Å²) < 4.78 is 17.7. The van der Waals surface area contributed by atoms with E-state index in [9.17, 15) is 35.1 Å². The van der Waals surface area contributed by atoms with Gasteiger partial charge in [-0.05, 0) is 96.3 Å². The van der Waals surface area contributed by atoms with Crippen LogP contribution in [0.25, 0.3) is 0 Å². The van der Waals surface area contributed by atoms with Crippen LogP contribution in [0.5, 0.6) is 0 Å². The van der Waals surface area contributed by atoms with Gasteiger partial charge in [0.15, 0.2) is 12.4 Å². The van der Waals surface area contributed by atoms with Crippen molar-refractivity contribution in [3.05, 3.63) is 72.9 Å². The van der Waals surface area contributed by atoms with Crippen LogP contribution in [0.15, 0.2) is 72.9 Å². The summed E-state index contributed by atoms with van der Waals surface area (Å²) in [5, 5.41) is 57.4. The number of esters is 1. The molecule has 1 rings (SSSR count). The SMILES string of the molecule is CCCCC/C=C\C/C=C\C/C=C\CCCCCCCCCCCCCC(O)C(=O)NC(COC1OC(CO)C(O)C(O)C1OC(=O)CCCCCCCCCCCCCCCCC/C=C\C/C=C\CCCCC)C(O)/C=C/CCCCCCCCCCCC. The number of carbonyl (C=O) groups excluding carboxylic acids is 2. The first-order valence-electron chi connectivity index (χ1n) is 38.2. The minimum atomic E-state index is -1.62. The van der Waals surface area contributed by atoms with Crippen molar-refractivity contribution in [2.45, 2.75) is 404 Å². The maximum atomic E-state index is 13.5. The summed E-state index contributed by atoms with van der Waals surface area (Å²) in [6, 6.07) is -1.03. The molecule has 0 saturated carbocycles. The molecule has 6 N–H and O–H groups in total. The van der Waals surface area contributed by atoms with Crippen LogP contribution >= 0.6 is 0 Å². The fourth-order valence-corrected chi connectivity index (χ4v) is 11.8. The molecule has 1 saturated heterocycles. The molecule has 1 aliphatic rings. The molecule has 0 aromatic heterocycles. The Morgan fingerprint density at radius 3 is 1.17 bits per heavy atom. The number of amides is 1. The van der Waals surface area contributed by atoms with E-state index in [1.807, 2.05) is 6.08 Å². The summed E-state index contributed by atoms with van der Waals surface area (Å²) in [4.78, 5) is 26.7. The molecule has 1 heterocycles. The highest BCUT2D eigenvalue weighted by Gasteiger charge is 2.47. The van der Waals surface area contributed by atoms with Gasteiger partial charge >= 0.3 is 5.97 Å². The number of carbonyl (C=O) groups is 2. The van der Waals surface area contributed by atoms with Gasteiger partial charge < -0.3 is 45.1 Å². The monoisotopic (exact) mass is 1270 g/mol. The van der Waals surface area contributed by atoms with E-state index in [0.29, 0.717) is 12.8 Å². The predicted octanol–water partition coefficient (Wildman–Crippen LogP) is 20.2. The third-order valence-electron chi connectivity index (χ3n) is 17.8. The van der Waals surface area contributed by atoms with E-state index in [-0.39, 0.29) is 19.4 Å². The Morgan fingerprint density at radius 2 is 0.767 bits per heavy atom. The normalized spacial score (nSPS) is 18.4. The van der Waals surface area contributed by atoms with Gasteiger partial charge in [-0.2, -0.15) is 0 Å². The van der Waals surface area contributed by atoms with Crippen molar-refractivity contribution >= 4 is 11.9 Å². The van der Waals surface area contributed by atoms with E-state index in [1.54, 1.807) is 6.08 Å². The molecule has 1 amide bonds. The summed E-state index contributed by atoms with van der Waals surface area (Å²) in [5.74, 6) is -1.19. The number of aliphatic hydroxyl groups excluding tert-OH is 5. The maximum absolute atomic E-state index is 13.5. The van der Waals surface area contributed by atoms with E-state index in [4.69, 9.17) is 14.2 Å². The Balaban J connectivity index is 2.52. The zero-order chi connectivity index (χ0) is 65.3. The largest absolute Gasteiger partial charge is 0.454 e. The van der Waals surface area contributed by atoms with Gasteiger partial charge in [0.05, 0.1) is 25.4 Å². The molecule has 0 aromatic carbocycles. The highest BCUT2D eigenvalue weighted by molar-refractivity contribution is 5.80. The number of hydrogen-bond acceptors (Lipinski definition) is 10. The Hall–Kier alpha value is -2.90. The molecule has 1 fully saturated rings. The molecule has 90 heavy (non-hydrogen) atoms. The lowest BCUT2D eigenvalue weighted by atomic mass is 9.99. The Labute approximate surface area is 553 Å². The number of unbranched alkanes of at least 4 members (excludes halogenated alkanes) is 42. The third kappa shape index (κ3) is 52.5. The molecular weight excluding hydrogens is 1120 g/mol. The Morgan fingerprint density at radius 1 is 0.433 bits per heavy atom. The molecular formula is C79H143NO10. The summed E-state index contributed by atoms with van der Waals surface area (Å²) in [6.07, 6.45) is 76.6. The number of hydrogen-bond donors (Lipinski definition) is 6. The lowest BCUT2D eigenvalue weighted by molar-refractivity contribution is -0.305. The second kappa shape index (κ2) is 66.1. The van der Waals surface area contributed by atoms with Gasteiger partial charge in [-0.15, -0.1) is 0 Å². The van der Waals surface area contributed by atoms with Gasteiger partial charge in [-0.1, -0.05) is 325 Å². The lowest BCUT2D eigenvalue weighted by Gasteiger charge is -2.41. The van der Waals surface area contributed by atoms with Crippen molar-refractivity contribution in [3.8, 4) is 0 Å². The average Bonchev–Trinajstić information content (AvgIpc) is 2.18. The van der Waals surface area contributed by atoms with Crippen LogP contribution in [0.3, 0.4) is 0 Å². The van der Waals surface area contributed by atoms with Gasteiger partial charge in [-0.25, -0.2) is 0 Å². The highest BCUT2D eigenvalue weighted by atomic mass is 16.7. The van der Waals surface area contributed by atoms with Crippen molar-refractivity contribution in [3.63, 3.8) is 0 Å². The number of rotatable bonds is 66. The summed E-state index contributed by atoms with van der Waals surface area (Å²) in [6.45, 7) is 5.79. The third-order valence-corrected chi connectivity index (χ3v) is 17.8. The van der Waals surface area contributed by atoms with E-state index < -0.39 is 67.4 Å². The molecule has 1 aliphatic heterocycles. The first kappa shape index (κ1) is 85.1. The zero-order valence-electron chi connectivity index (χ0n) is 58.5. The molecule has 0 aliphatic carbocycles. The van der Waals surface area contributed by atoms with Gasteiger partial charge in [-0.3, -0.25) is 9.59 Å². The van der Waals surface area contributed by atoms with Crippen molar-refractivity contribution in [1.29, 1.82) is 0 Å². The van der Waals surface area contributed by atoms with Crippen LogP contribution in [-0.2, 0) is 23.8 Å². The highest BCUT2D eigenvalue weighted by Crippen LogP contribution is 2.26. The number of nitrogens with one attached hydrogen (secondary N) is 1. The quantitative estimate of drug-likeness (QED) is 0.0195. The van der Waals surface area contributed by atoms with Crippen LogP contribution in [-0.4, -0.2) is 99.6 Å². The lowest BCUT2D eigenvalue weighted by Crippen LogP contribution is -2.61. The first-order valence-corrected chi connectivity index (χ1v) is 38.2. The maximum Gasteiger partial charge on any atom is 0.306 e. The zero-order valence-corrected chi connectivity index (χ0v) is 58.5. The minimum absolute atomic E-state index is 0.124. The standard InChI is InChI=1S/C79H143NO10/c1-4-7-10-13-16-19-22-25-27-29-31-33-35-37-39-41-43-45-47-49-52-55-58-61-64-67-74(84)90-77-76(86)75(85)73(68-81)89-79(77)88-69-70(71(82)65-62-59-56-53-50-24-21-18-15-12-9-6-3)80-78(87)72(83)66-63-60-57-54-51-48-46-44-42-40-38-36-34-32-30-28-26-23-20-17-14-11-8-5-2/h16-17,19-20,25-28,32,34,62,65,70-73,75-77,79,81-83,85-86H,4-15,18,21-24,29-31,33,35-61,63-64,66-69H2,1-3H3,(H,80,87)/b19-16-,20-17-,27-25-,28-26-,34-32-,65-62+. The predicted molar refractivity (Wildman–Crippen MR) is 379 cm³/mol. The van der Waals surface area contributed by atoms with Crippen molar-refractivity contribution in [2.24, 2.45) is 0 Å². The summed E-state index contributed by atoms with van der Waals surface area (Å²) in [7, 11) is 0. The summed E-state index contributed by atoms with van der Waals surface area (Å²) >= 11 is 0. The first-order chi connectivity index (χ1) is 44.2. The average molecular weight is 1270 g/mol. The van der Waals surface area contributed by atoms with Crippen LogP contribution in [0.2, 0.25) is 0 Å². The van der Waals surface area contributed by atoms with E-state index in [0.717, 1.165) is 83.5 Å². The van der Waals surface area contributed by atoms with Crippen LogP contribution < -0.4 is 5.32 Å². The van der Waals surface area contributed by atoms with Crippen LogP contribution in [0.4, 0.5) is 0 Å². The fourth-order valence-electron chi connectivity index (χ4n) is 11.8. The van der Waals surface area contributed by atoms with Crippen molar-refractivity contribution < 1.29 is 49.3 Å². The minimum Gasteiger partial charge on any atom is -0.454 e. The van der Waals surface area contributed by atoms with E-state index in [1.165, 1.54) is 225 Å². The number of allylic oxidation sites excluding steroid dienone is 11. The second-order valence-corrected chi connectivity index (χ2v) is 26.4. The van der Waals surface area contributed by atoms with Gasteiger partial charge in [0.1, 0.15) is 24.4 Å². The second-order valence-electron chi connectivity index (χ2n) is 26.4. The van der Waals surface area contributed by atoms with Gasteiger partial charge in [0.2, 0.25) is 5.91 Å².